The Morgan fingerprint density at radius 1 is 1.20 bits per heavy atom. The second-order valence-electron chi connectivity index (χ2n) is 8.24. The number of carbonyl (C=O) groups excluding carboxylic acids is 2. The number of anilines is 2. The summed E-state index contributed by atoms with van der Waals surface area (Å²) in [6, 6.07) is 7.37. The zero-order valence-electron chi connectivity index (χ0n) is 17.6. The van der Waals surface area contributed by atoms with Gasteiger partial charge in [-0.3, -0.25) is 14.5 Å². The molecule has 0 unspecified atom stereocenters. The van der Waals surface area contributed by atoms with Crippen LogP contribution >= 0.6 is 11.3 Å². The van der Waals surface area contributed by atoms with Gasteiger partial charge in [-0.1, -0.05) is 19.1 Å². The van der Waals surface area contributed by atoms with Gasteiger partial charge in [-0.05, 0) is 68.8 Å². The van der Waals surface area contributed by atoms with Crippen molar-refractivity contribution < 1.29 is 14.3 Å². The van der Waals surface area contributed by atoms with Crippen molar-refractivity contribution in [2.75, 3.05) is 37.4 Å². The summed E-state index contributed by atoms with van der Waals surface area (Å²) in [5, 5.41) is 6.72. The zero-order valence-corrected chi connectivity index (χ0v) is 18.4. The molecule has 2 aromatic rings. The number of nitrogens with zero attached hydrogens (tertiary/aromatic N) is 1. The van der Waals surface area contributed by atoms with Crippen molar-refractivity contribution in [1.29, 1.82) is 0 Å². The number of ether oxygens (including phenoxy) is 1. The van der Waals surface area contributed by atoms with Gasteiger partial charge in [-0.15, -0.1) is 11.3 Å². The largest absolute Gasteiger partial charge is 0.495 e. The molecule has 0 bridgehead atoms. The minimum atomic E-state index is -0.192. The molecular formula is C23H29N3O3S. The summed E-state index contributed by atoms with van der Waals surface area (Å²) in [6.07, 6.45) is 5.16. The Labute approximate surface area is 181 Å². The van der Waals surface area contributed by atoms with E-state index in [1.807, 2.05) is 24.3 Å². The van der Waals surface area contributed by atoms with Crippen molar-refractivity contribution in [3.05, 3.63) is 40.3 Å². The third-order valence-electron chi connectivity index (χ3n) is 5.91. The van der Waals surface area contributed by atoms with Crippen LogP contribution in [0.3, 0.4) is 0 Å². The van der Waals surface area contributed by atoms with Crippen LogP contribution in [-0.4, -0.2) is 43.5 Å². The molecule has 7 heteroatoms. The number of amides is 2. The van der Waals surface area contributed by atoms with Crippen molar-refractivity contribution in [2.45, 2.75) is 39.0 Å². The summed E-state index contributed by atoms with van der Waals surface area (Å²) in [7, 11) is 1.59. The minimum absolute atomic E-state index is 0.0464. The van der Waals surface area contributed by atoms with E-state index in [0.717, 1.165) is 50.8 Å². The molecule has 0 saturated carbocycles. The van der Waals surface area contributed by atoms with Crippen molar-refractivity contribution in [3.8, 4) is 5.75 Å². The lowest BCUT2D eigenvalue weighted by molar-refractivity contribution is -0.117. The number of rotatable bonds is 6. The number of methoxy groups -OCH3 is 1. The molecular weight excluding hydrogens is 398 g/mol. The van der Waals surface area contributed by atoms with Gasteiger partial charge in [0.1, 0.15) is 10.8 Å². The lowest BCUT2D eigenvalue weighted by Crippen LogP contribution is -2.31. The highest BCUT2D eigenvalue weighted by molar-refractivity contribution is 7.17. The van der Waals surface area contributed by atoms with Crippen LogP contribution in [0.2, 0.25) is 0 Å². The highest BCUT2D eigenvalue weighted by Gasteiger charge is 2.29. The number of carbonyl (C=O) groups is 2. The Hall–Kier alpha value is -2.38. The fraction of sp³-hybridized carbons (Fsp3) is 0.478. The number of benzene rings is 1. The summed E-state index contributed by atoms with van der Waals surface area (Å²) < 4.78 is 5.37. The highest BCUT2D eigenvalue weighted by Crippen LogP contribution is 2.40. The molecule has 0 spiro atoms. The predicted octanol–water partition coefficient (Wildman–Crippen LogP) is 4.17. The van der Waals surface area contributed by atoms with Crippen molar-refractivity contribution in [1.82, 2.24) is 4.90 Å². The summed E-state index contributed by atoms with van der Waals surface area (Å²) in [5.74, 6) is 0.968. The summed E-state index contributed by atoms with van der Waals surface area (Å²) in [5.41, 5.74) is 2.33. The van der Waals surface area contributed by atoms with E-state index in [4.69, 9.17) is 4.74 Å². The first-order valence-electron chi connectivity index (χ1n) is 10.7. The molecule has 1 aliphatic heterocycles. The SMILES string of the molecule is COc1ccccc1NC(=O)c1c(NC(=O)CN2CCCC2)sc2c1CC[C@H](C)C2. The van der Waals surface area contributed by atoms with Crippen molar-refractivity contribution in [2.24, 2.45) is 5.92 Å². The molecule has 6 nitrogen and oxygen atoms in total. The number of nitrogens with one attached hydrogen (secondary N) is 2. The molecule has 1 aliphatic carbocycles. The first-order chi connectivity index (χ1) is 14.5. The predicted molar refractivity (Wildman–Crippen MR) is 121 cm³/mol. The Kier molecular flexibility index (Phi) is 6.39. The molecule has 0 radical (unpaired) electrons. The molecule has 1 fully saturated rings. The average Bonchev–Trinajstić information content (AvgIpc) is 3.35. The number of likely N-dealkylation sites (tertiary alicyclic amines) is 1. The van der Waals surface area contributed by atoms with Gasteiger partial charge >= 0.3 is 0 Å². The third-order valence-corrected chi connectivity index (χ3v) is 7.08. The molecule has 2 N–H and O–H groups in total. The molecule has 2 amide bonds. The maximum absolute atomic E-state index is 13.3. The summed E-state index contributed by atoms with van der Waals surface area (Å²) in [6.45, 7) is 4.55. The second kappa shape index (κ2) is 9.18. The van der Waals surface area contributed by atoms with Crippen LogP contribution in [0.4, 0.5) is 10.7 Å². The third kappa shape index (κ3) is 4.52. The molecule has 1 aromatic heterocycles. The van der Waals surface area contributed by atoms with E-state index in [0.29, 0.717) is 34.5 Å². The number of hydrogen-bond acceptors (Lipinski definition) is 5. The standard InChI is InChI=1S/C23H29N3O3S/c1-15-9-10-16-19(13-15)30-23(25-20(27)14-26-11-5-6-12-26)21(16)22(28)24-17-7-3-4-8-18(17)29-2/h3-4,7-8,15H,5-6,9-14H2,1-2H3,(H,24,28)(H,25,27)/t15-/m0/s1. The zero-order chi connectivity index (χ0) is 21.1. The van der Waals surface area contributed by atoms with E-state index in [1.165, 1.54) is 4.88 Å². The maximum Gasteiger partial charge on any atom is 0.259 e. The van der Waals surface area contributed by atoms with E-state index < -0.39 is 0 Å². The van der Waals surface area contributed by atoms with Crippen LogP contribution in [0.1, 0.15) is 47.0 Å². The van der Waals surface area contributed by atoms with Crippen LogP contribution in [0.5, 0.6) is 5.75 Å². The van der Waals surface area contributed by atoms with E-state index in [2.05, 4.69) is 22.5 Å². The lowest BCUT2D eigenvalue weighted by atomic mass is 9.88. The van der Waals surface area contributed by atoms with E-state index in [9.17, 15) is 9.59 Å². The Morgan fingerprint density at radius 2 is 1.97 bits per heavy atom. The molecule has 4 rings (SSSR count). The first-order valence-corrected chi connectivity index (χ1v) is 11.5. The van der Waals surface area contributed by atoms with Gasteiger partial charge in [0.25, 0.3) is 5.91 Å². The fourth-order valence-corrected chi connectivity index (χ4v) is 5.75. The average molecular weight is 428 g/mol. The highest BCUT2D eigenvalue weighted by atomic mass is 32.1. The van der Waals surface area contributed by atoms with Crippen molar-refractivity contribution >= 4 is 33.8 Å². The molecule has 1 saturated heterocycles. The number of thiophene rings is 1. The first kappa shape index (κ1) is 20.9. The van der Waals surface area contributed by atoms with Gasteiger partial charge < -0.3 is 15.4 Å². The topological polar surface area (TPSA) is 70.7 Å². The quantitative estimate of drug-likeness (QED) is 0.726. The molecule has 30 heavy (non-hydrogen) atoms. The van der Waals surface area contributed by atoms with Crippen LogP contribution in [-0.2, 0) is 17.6 Å². The van der Waals surface area contributed by atoms with Crippen LogP contribution in [0.15, 0.2) is 24.3 Å². The number of para-hydroxylation sites is 2. The van der Waals surface area contributed by atoms with Crippen LogP contribution in [0.25, 0.3) is 0 Å². The Bertz CT molecular complexity index is 934. The lowest BCUT2D eigenvalue weighted by Gasteiger charge is -2.19. The molecule has 1 atom stereocenters. The molecule has 1 aromatic carbocycles. The van der Waals surface area contributed by atoms with E-state index in [-0.39, 0.29) is 11.8 Å². The molecule has 160 valence electrons. The monoisotopic (exact) mass is 427 g/mol. The smallest absolute Gasteiger partial charge is 0.259 e. The second-order valence-corrected chi connectivity index (χ2v) is 9.35. The summed E-state index contributed by atoms with van der Waals surface area (Å²) in [4.78, 5) is 29.4. The van der Waals surface area contributed by atoms with Gasteiger partial charge in [0, 0.05) is 4.88 Å². The molecule has 2 heterocycles. The molecule has 2 aliphatic rings. The Morgan fingerprint density at radius 3 is 2.73 bits per heavy atom. The fourth-order valence-electron chi connectivity index (χ4n) is 4.32. The van der Waals surface area contributed by atoms with Crippen molar-refractivity contribution in [3.63, 3.8) is 0 Å². The van der Waals surface area contributed by atoms with Crippen LogP contribution < -0.4 is 15.4 Å². The van der Waals surface area contributed by atoms with E-state index >= 15 is 0 Å². The van der Waals surface area contributed by atoms with E-state index in [1.54, 1.807) is 18.4 Å². The number of fused-ring (bicyclic) bond motifs is 1. The van der Waals surface area contributed by atoms with Gasteiger partial charge in [-0.2, -0.15) is 0 Å². The van der Waals surface area contributed by atoms with Gasteiger partial charge in [0.15, 0.2) is 0 Å². The Balaban J connectivity index is 1.59. The summed E-state index contributed by atoms with van der Waals surface area (Å²) >= 11 is 1.56. The van der Waals surface area contributed by atoms with Gasteiger partial charge in [-0.25, -0.2) is 0 Å². The maximum atomic E-state index is 13.3. The van der Waals surface area contributed by atoms with Gasteiger partial charge in [0.2, 0.25) is 5.91 Å². The van der Waals surface area contributed by atoms with Gasteiger partial charge in [0.05, 0.1) is 24.9 Å². The van der Waals surface area contributed by atoms with Crippen LogP contribution in [0, 0.1) is 5.92 Å². The minimum Gasteiger partial charge on any atom is -0.495 e. The number of hydrogen-bond donors (Lipinski definition) is 2. The normalized spacial score (nSPS) is 18.7.